The fraction of sp³-hybridized carbons (Fsp3) is 0.652. The van der Waals surface area contributed by atoms with Gasteiger partial charge in [0.15, 0.2) is 0 Å². The molecule has 7 heteroatoms. The Kier molecular flexibility index (Phi) is 5.83. The molecule has 2 heterocycles. The van der Waals surface area contributed by atoms with Crippen LogP contribution < -0.4 is 0 Å². The van der Waals surface area contributed by atoms with Gasteiger partial charge in [-0.1, -0.05) is 55.1 Å². The highest BCUT2D eigenvalue weighted by Crippen LogP contribution is 2.46. The van der Waals surface area contributed by atoms with E-state index in [0.29, 0.717) is 0 Å². The first-order chi connectivity index (χ1) is 13.5. The Balaban J connectivity index is 2.23. The minimum absolute atomic E-state index is 0.402. The predicted octanol–water partition coefficient (Wildman–Crippen LogP) is 5.58. The molecule has 0 bridgehead atoms. The first-order valence-corrected chi connectivity index (χ1v) is 14.5. The van der Waals surface area contributed by atoms with E-state index in [1.54, 1.807) is 0 Å². The van der Waals surface area contributed by atoms with Crippen LogP contribution in [0, 0.1) is 0 Å². The lowest BCUT2D eigenvalue weighted by Crippen LogP contribution is -2.41. The molecule has 0 amide bonds. The lowest BCUT2D eigenvalue weighted by atomic mass is 9.67. The van der Waals surface area contributed by atoms with E-state index in [-0.39, 0.29) is 0 Å². The third-order valence-corrected chi connectivity index (χ3v) is 9.28. The Morgan fingerprint density at radius 3 is 1.37 bits per heavy atom. The molecule has 0 saturated carbocycles. The molecule has 0 N–H and O–H groups in total. The van der Waals surface area contributed by atoms with Crippen LogP contribution in [-0.4, -0.2) is 44.7 Å². The maximum Gasteiger partial charge on any atom is 0.494 e. The molecule has 2 saturated heterocycles. The molecule has 2 aliphatic rings. The highest BCUT2D eigenvalue weighted by Gasteiger charge is 2.58. The summed E-state index contributed by atoms with van der Waals surface area (Å²) in [6, 6.07) is 10.4. The van der Waals surface area contributed by atoms with Gasteiger partial charge in [0.25, 0.3) is 0 Å². The van der Waals surface area contributed by atoms with Gasteiger partial charge in [-0.3, -0.25) is 0 Å². The van der Waals surface area contributed by atoms with Crippen molar-refractivity contribution in [3.63, 3.8) is 0 Å². The van der Waals surface area contributed by atoms with Crippen LogP contribution in [0.1, 0.15) is 61.0 Å². The van der Waals surface area contributed by atoms with Gasteiger partial charge >= 0.3 is 14.2 Å². The van der Waals surface area contributed by atoms with Gasteiger partial charge < -0.3 is 18.6 Å². The van der Waals surface area contributed by atoms with E-state index in [1.807, 2.05) is 6.07 Å². The summed E-state index contributed by atoms with van der Waals surface area (Å²) in [5.74, 6) is 0. The van der Waals surface area contributed by atoms with Crippen LogP contribution in [0.2, 0.25) is 19.6 Å². The zero-order valence-corrected chi connectivity index (χ0v) is 21.7. The smallest absolute Gasteiger partial charge is 0.400 e. The standard InChI is InChI=1S/C23H38B2O4Si/c1-20(2)21(3,4)27-24(26-20)18(17-15-13-12-14-16-17)19(30(9,10)11)25-28-22(5,6)23(7,8)29-25/h12-16H,1-11H3/b19-18-. The zero-order chi connectivity index (χ0) is 22.8. The molecular formula is C23H38B2O4Si. The second-order valence-electron chi connectivity index (χ2n) is 11.6. The van der Waals surface area contributed by atoms with Gasteiger partial charge in [0.05, 0.1) is 30.5 Å². The Labute approximate surface area is 185 Å². The minimum Gasteiger partial charge on any atom is -0.400 e. The van der Waals surface area contributed by atoms with Crippen LogP contribution in [0.15, 0.2) is 35.4 Å². The first-order valence-electron chi connectivity index (χ1n) is 11.0. The van der Waals surface area contributed by atoms with Crippen molar-refractivity contribution in [3.8, 4) is 0 Å². The molecule has 1 aromatic rings. The number of hydrogen-bond donors (Lipinski definition) is 0. The summed E-state index contributed by atoms with van der Waals surface area (Å²) < 4.78 is 26.2. The molecule has 30 heavy (non-hydrogen) atoms. The summed E-state index contributed by atoms with van der Waals surface area (Å²) in [5, 5.41) is 1.20. The van der Waals surface area contributed by atoms with Crippen LogP contribution in [0.25, 0.3) is 5.47 Å². The van der Waals surface area contributed by atoms with Crippen LogP contribution in [0.5, 0.6) is 0 Å². The molecule has 4 nitrogen and oxygen atoms in total. The summed E-state index contributed by atoms with van der Waals surface area (Å²) in [6.07, 6.45) is 0. The van der Waals surface area contributed by atoms with Crippen LogP contribution >= 0.6 is 0 Å². The van der Waals surface area contributed by atoms with E-state index < -0.39 is 44.7 Å². The van der Waals surface area contributed by atoms with E-state index in [9.17, 15) is 0 Å². The topological polar surface area (TPSA) is 36.9 Å². The molecule has 3 rings (SSSR count). The Morgan fingerprint density at radius 1 is 0.633 bits per heavy atom. The quantitative estimate of drug-likeness (QED) is 0.587. The molecule has 2 fully saturated rings. The van der Waals surface area contributed by atoms with Crippen molar-refractivity contribution in [3.05, 3.63) is 41.0 Å². The minimum atomic E-state index is -1.91. The average Bonchev–Trinajstić information content (AvgIpc) is 2.91. The fourth-order valence-corrected chi connectivity index (χ4v) is 5.74. The number of hydrogen-bond acceptors (Lipinski definition) is 4. The molecule has 0 atom stereocenters. The normalized spacial score (nSPS) is 25.4. The van der Waals surface area contributed by atoms with Crippen molar-refractivity contribution in [2.75, 3.05) is 0 Å². The number of benzene rings is 1. The Hall–Kier alpha value is -0.853. The predicted molar refractivity (Wildman–Crippen MR) is 129 cm³/mol. The molecule has 0 aromatic heterocycles. The molecule has 164 valence electrons. The molecule has 1 aromatic carbocycles. The summed E-state index contributed by atoms with van der Waals surface area (Å²) in [4.78, 5) is 0. The van der Waals surface area contributed by atoms with E-state index in [1.165, 1.54) is 5.10 Å². The lowest BCUT2D eigenvalue weighted by Gasteiger charge is -2.32. The SMILES string of the molecule is CC1(C)OB(/C(=C(/B2OC(C)(C)C(C)(C)O2)[Si](C)(C)C)c2ccccc2)OC1(C)C. The van der Waals surface area contributed by atoms with Crippen LogP contribution in [0.4, 0.5) is 0 Å². The van der Waals surface area contributed by atoms with Gasteiger partial charge in [0.1, 0.15) is 0 Å². The average molecular weight is 428 g/mol. The molecular weight excluding hydrogens is 390 g/mol. The zero-order valence-electron chi connectivity index (χ0n) is 20.7. The van der Waals surface area contributed by atoms with E-state index in [0.717, 1.165) is 11.0 Å². The van der Waals surface area contributed by atoms with Gasteiger partial charge in [0.2, 0.25) is 0 Å². The van der Waals surface area contributed by atoms with Crippen molar-refractivity contribution in [2.24, 2.45) is 0 Å². The lowest BCUT2D eigenvalue weighted by molar-refractivity contribution is 0.00578. The molecule has 0 aliphatic carbocycles. The molecule has 0 unspecified atom stereocenters. The van der Waals surface area contributed by atoms with Crippen LogP contribution in [-0.2, 0) is 18.6 Å². The van der Waals surface area contributed by atoms with Gasteiger partial charge in [-0.05, 0) is 66.4 Å². The summed E-state index contributed by atoms with van der Waals surface area (Å²) in [6.45, 7) is 23.8. The van der Waals surface area contributed by atoms with E-state index >= 15 is 0 Å². The first kappa shape index (κ1) is 23.8. The third-order valence-electron chi connectivity index (χ3n) is 7.16. The molecule has 2 aliphatic heterocycles. The highest BCUT2D eigenvalue weighted by atomic mass is 28.3. The van der Waals surface area contributed by atoms with E-state index in [2.05, 4.69) is 99.3 Å². The van der Waals surface area contributed by atoms with Crippen molar-refractivity contribution in [2.45, 2.75) is 97.4 Å². The van der Waals surface area contributed by atoms with Gasteiger partial charge in [-0.15, -0.1) is 0 Å². The van der Waals surface area contributed by atoms with Gasteiger partial charge in [-0.25, -0.2) is 0 Å². The van der Waals surface area contributed by atoms with Crippen molar-refractivity contribution in [1.82, 2.24) is 0 Å². The van der Waals surface area contributed by atoms with Crippen molar-refractivity contribution in [1.29, 1.82) is 0 Å². The summed E-state index contributed by atoms with van der Waals surface area (Å²) >= 11 is 0. The fourth-order valence-electron chi connectivity index (χ4n) is 3.84. The molecule has 0 spiro atoms. The Bertz CT molecular complexity index is 793. The maximum atomic E-state index is 6.56. The number of rotatable bonds is 4. The summed E-state index contributed by atoms with van der Waals surface area (Å²) in [7, 11) is -2.81. The van der Waals surface area contributed by atoms with Gasteiger partial charge in [0, 0.05) is 0 Å². The van der Waals surface area contributed by atoms with E-state index in [4.69, 9.17) is 18.6 Å². The largest absolute Gasteiger partial charge is 0.494 e. The van der Waals surface area contributed by atoms with Crippen molar-refractivity contribution < 1.29 is 18.6 Å². The Morgan fingerprint density at radius 2 is 1.00 bits per heavy atom. The maximum absolute atomic E-state index is 6.56. The summed E-state index contributed by atoms with van der Waals surface area (Å²) in [5.41, 5.74) is 0.520. The second kappa shape index (κ2) is 7.34. The van der Waals surface area contributed by atoms with Crippen molar-refractivity contribution >= 4 is 27.8 Å². The third kappa shape index (κ3) is 4.12. The van der Waals surface area contributed by atoms with Gasteiger partial charge in [-0.2, -0.15) is 0 Å². The monoisotopic (exact) mass is 428 g/mol. The second-order valence-corrected chi connectivity index (χ2v) is 16.7. The van der Waals surface area contributed by atoms with Crippen LogP contribution in [0.3, 0.4) is 0 Å². The highest BCUT2D eigenvalue weighted by molar-refractivity contribution is 6.99. The molecule has 0 radical (unpaired) electrons.